The van der Waals surface area contributed by atoms with Crippen LogP contribution in [-0.4, -0.2) is 61.5 Å². The van der Waals surface area contributed by atoms with Gasteiger partial charge in [0.25, 0.3) is 0 Å². The van der Waals surface area contributed by atoms with Crippen molar-refractivity contribution < 1.29 is 19.1 Å². The lowest BCUT2D eigenvalue weighted by Crippen LogP contribution is -2.45. The van der Waals surface area contributed by atoms with Crippen molar-refractivity contribution in [3.05, 3.63) is 35.9 Å². The molecule has 1 aromatic rings. The first-order valence-electron chi connectivity index (χ1n) is 10.5. The van der Waals surface area contributed by atoms with Crippen LogP contribution in [0.5, 0.6) is 0 Å². The third kappa shape index (κ3) is 12.2. The Kier molecular flexibility index (Phi) is 12.4. The maximum absolute atomic E-state index is 11.8. The smallest absolute Gasteiger partial charge is 0.240 e. The maximum Gasteiger partial charge on any atom is 0.240 e. The van der Waals surface area contributed by atoms with Gasteiger partial charge >= 0.3 is 0 Å². The van der Waals surface area contributed by atoms with Crippen LogP contribution in [0.4, 0.5) is 0 Å². The second kappa shape index (κ2) is 14.5. The van der Waals surface area contributed by atoms with Crippen LogP contribution in [0.25, 0.3) is 0 Å². The molecule has 8 heteroatoms. The van der Waals surface area contributed by atoms with Gasteiger partial charge in [0.1, 0.15) is 6.04 Å². The van der Waals surface area contributed by atoms with Crippen molar-refractivity contribution in [2.24, 2.45) is 17.4 Å². The summed E-state index contributed by atoms with van der Waals surface area (Å²) in [4.78, 5) is 35.5. The number of ether oxygens (including phenoxy) is 1. The van der Waals surface area contributed by atoms with E-state index in [2.05, 4.69) is 5.32 Å². The standard InChI is InChI=1S/C16H24N2O2.C6H12N2O2/c1-12(2)11-14(16(17)20)18-15(19)10-6-9-13-7-4-3-5-8-13;7-6(9)5-8-1-3-10-4-2-8/h3-5,7-8,12,14H,6,9-11H2,1-2H3,(H2,17,20)(H,18,19);1-5H2,(H2,7,9). The molecule has 0 aromatic heterocycles. The first-order valence-corrected chi connectivity index (χ1v) is 10.5. The van der Waals surface area contributed by atoms with Gasteiger partial charge in [-0.2, -0.15) is 0 Å². The molecule has 5 N–H and O–H groups in total. The van der Waals surface area contributed by atoms with Crippen LogP contribution in [0.2, 0.25) is 0 Å². The van der Waals surface area contributed by atoms with E-state index in [1.165, 1.54) is 5.56 Å². The summed E-state index contributed by atoms with van der Waals surface area (Å²) < 4.78 is 5.09. The molecule has 1 aliphatic rings. The lowest BCUT2D eigenvalue weighted by atomic mass is 10.0. The minimum Gasteiger partial charge on any atom is -0.379 e. The molecule has 1 saturated heterocycles. The van der Waals surface area contributed by atoms with E-state index in [0.29, 0.717) is 38.5 Å². The molecular formula is C22H36N4O4. The average molecular weight is 421 g/mol. The van der Waals surface area contributed by atoms with Gasteiger partial charge in [-0.15, -0.1) is 0 Å². The number of carbonyl (C=O) groups excluding carboxylic acids is 3. The Morgan fingerprint density at radius 3 is 2.27 bits per heavy atom. The predicted octanol–water partition coefficient (Wildman–Crippen LogP) is 0.829. The lowest BCUT2D eigenvalue weighted by molar-refractivity contribution is -0.127. The molecule has 1 aliphatic heterocycles. The van der Waals surface area contributed by atoms with Crippen molar-refractivity contribution in [3.63, 3.8) is 0 Å². The van der Waals surface area contributed by atoms with Gasteiger partial charge in [-0.25, -0.2) is 0 Å². The highest BCUT2D eigenvalue weighted by atomic mass is 16.5. The van der Waals surface area contributed by atoms with Crippen molar-refractivity contribution in [1.29, 1.82) is 0 Å². The van der Waals surface area contributed by atoms with Crippen molar-refractivity contribution >= 4 is 17.7 Å². The molecule has 2 rings (SSSR count). The molecule has 0 aliphatic carbocycles. The fraction of sp³-hybridized carbons (Fsp3) is 0.591. The number of morpholine rings is 1. The summed E-state index contributed by atoms with van der Waals surface area (Å²) in [5.74, 6) is -0.514. The number of hydrogen-bond donors (Lipinski definition) is 3. The van der Waals surface area contributed by atoms with E-state index in [0.717, 1.165) is 25.9 Å². The number of amides is 3. The summed E-state index contributed by atoms with van der Waals surface area (Å²) in [5.41, 5.74) is 11.5. The minimum atomic E-state index is -0.556. The average Bonchev–Trinajstić information content (AvgIpc) is 2.69. The van der Waals surface area contributed by atoms with Crippen LogP contribution in [0.1, 0.15) is 38.7 Å². The van der Waals surface area contributed by atoms with E-state index in [-0.39, 0.29) is 11.8 Å². The number of nitrogens with zero attached hydrogens (tertiary/aromatic N) is 1. The monoisotopic (exact) mass is 420 g/mol. The number of nitrogens with one attached hydrogen (secondary N) is 1. The Hall–Kier alpha value is -2.45. The van der Waals surface area contributed by atoms with E-state index >= 15 is 0 Å². The van der Waals surface area contributed by atoms with Crippen molar-refractivity contribution in [2.45, 2.75) is 45.6 Å². The van der Waals surface area contributed by atoms with Crippen molar-refractivity contribution in [2.75, 3.05) is 32.8 Å². The molecule has 0 radical (unpaired) electrons. The van der Waals surface area contributed by atoms with Crippen LogP contribution >= 0.6 is 0 Å². The molecule has 0 spiro atoms. The van der Waals surface area contributed by atoms with Gasteiger partial charge in [0.05, 0.1) is 19.8 Å². The Morgan fingerprint density at radius 1 is 1.10 bits per heavy atom. The minimum absolute atomic E-state index is 0.106. The number of primary amides is 2. The zero-order chi connectivity index (χ0) is 22.4. The SMILES string of the molecule is CC(C)CC(NC(=O)CCCc1ccccc1)C(N)=O.NC(=O)CN1CCOCC1. The highest BCUT2D eigenvalue weighted by Gasteiger charge is 2.18. The largest absolute Gasteiger partial charge is 0.379 e. The van der Waals surface area contributed by atoms with Crippen LogP contribution in [0, 0.1) is 5.92 Å². The zero-order valence-electron chi connectivity index (χ0n) is 18.1. The number of carbonyl (C=O) groups is 3. The Morgan fingerprint density at radius 2 is 1.73 bits per heavy atom. The quantitative estimate of drug-likeness (QED) is 0.516. The molecule has 3 amide bonds. The number of rotatable bonds is 10. The van der Waals surface area contributed by atoms with Gasteiger partial charge in [0, 0.05) is 19.5 Å². The normalized spacial score (nSPS) is 15.0. The summed E-state index contributed by atoms with van der Waals surface area (Å²) in [6.07, 6.45) is 2.62. The summed E-state index contributed by atoms with van der Waals surface area (Å²) in [7, 11) is 0. The van der Waals surface area contributed by atoms with Crippen LogP contribution in [0.15, 0.2) is 30.3 Å². The molecule has 1 fully saturated rings. The molecule has 1 heterocycles. The van der Waals surface area contributed by atoms with Crippen LogP contribution in [0.3, 0.4) is 0 Å². The second-order valence-corrected chi connectivity index (χ2v) is 7.85. The first kappa shape index (κ1) is 25.6. The Balaban J connectivity index is 0.000000375. The lowest BCUT2D eigenvalue weighted by Gasteiger charge is -2.24. The van der Waals surface area contributed by atoms with E-state index in [9.17, 15) is 14.4 Å². The summed E-state index contributed by atoms with van der Waals surface area (Å²) in [5, 5.41) is 2.72. The van der Waals surface area contributed by atoms with Crippen LogP contribution < -0.4 is 16.8 Å². The third-order valence-corrected chi connectivity index (χ3v) is 4.58. The zero-order valence-corrected chi connectivity index (χ0v) is 18.1. The van der Waals surface area contributed by atoms with E-state index in [1.54, 1.807) is 0 Å². The van der Waals surface area contributed by atoms with Crippen LogP contribution in [-0.2, 0) is 25.5 Å². The number of benzene rings is 1. The van der Waals surface area contributed by atoms with Gasteiger partial charge < -0.3 is 21.5 Å². The van der Waals surface area contributed by atoms with Gasteiger partial charge in [-0.1, -0.05) is 44.2 Å². The first-order chi connectivity index (χ1) is 14.3. The summed E-state index contributed by atoms with van der Waals surface area (Å²) in [6, 6.07) is 9.48. The third-order valence-electron chi connectivity index (χ3n) is 4.58. The van der Waals surface area contributed by atoms with Gasteiger partial charge in [0.15, 0.2) is 0 Å². The topological polar surface area (TPSA) is 128 Å². The highest BCUT2D eigenvalue weighted by Crippen LogP contribution is 2.07. The molecule has 1 unspecified atom stereocenters. The predicted molar refractivity (Wildman–Crippen MR) is 116 cm³/mol. The van der Waals surface area contributed by atoms with Gasteiger partial charge in [0.2, 0.25) is 17.7 Å². The summed E-state index contributed by atoms with van der Waals surface area (Å²) >= 11 is 0. The molecule has 0 bridgehead atoms. The van der Waals surface area contributed by atoms with E-state index in [4.69, 9.17) is 16.2 Å². The van der Waals surface area contributed by atoms with E-state index in [1.807, 2.05) is 49.1 Å². The fourth-order valence-electron chi connectivity index (χ4n) is 3.06. The molecule has 8 nitrogen and oxygen atoms in total. The molecule has 0 saturated carbocycles. The van der Waals surface area contributed by atoms with Gasteiger partial charge in [-0.3, -0.25) is 19.3 Å². The van der Waals surface area contributed by atoms with Gasteiger partial charge in [-0.05, 0) is 30.7 Å². The molecule has 168 valence electrons. The fourth-order valence-corrected chi connectivity index (χ4v) is 3.06. The maximum atomic E-state index is 11.8. The number of hydrogen-bond acceptors (Lipinski definition) is 5. The molecule has 1 atom stereocenters. The number of nitrogens with two attached hydrogens (primary N) is 2. The summed E-state index contributed by atoms with van der Waals surface area (Å²) in [6.45, 7) is 7.44. The second-order valence-electron chi connectivity index (χ2n) is 7.85. The van der Waals surface area contributed by atoms with Crippen molar-refractivity contribution in [1.82, 2.24) is 10.2 Å². The molecule has 30 heavy (non-hydrogen) atoms. The molecular weight excluding hydrogens is 384 g/mol. The Labute approximate surface area is 179 Å². The molecule has 1 aromatic carbocycles. The van der Waals surface area contributed by atoms with Crippen molar-refractivity contribution in [3.8, 4) is 0 Å². The Bertz CT molecular complexity index is 646. The highest BCUT2D eigenvalue weighted by molar-refractivity contribution is 5.86. The number of aryl methyl sites for hydroxylation is 1. The van der Waals surface area contributed by atoms with E-state index < -0.39 is 11.9 Å².